The Hall–Kier alpha value is -2.08. The van der Waals surface area contributed by atoms with Gasteiger partial charge in [0.15, 0.2) is 5.11 Å². The number of rotatable bonds is 10. The molecule has 0 aliphatic rings. The first-order valence-electron chi connectivity index (χ1n) is 10.3. The predicted octanol–water partition coefficient (Wildman–Crippen LogP) is 4.93. The minimum atomic E-state index is 0.616. The first-order chi connectivity index (χ1) is 13.5. The molecule has 0 bridgehead atoms. The second kappa shape index (κ2) is 11.1. The third-order valence-corrected chi connectivity index (χ3v) is 5.21. The van der Waals surface area contributed by atoms with E-state index in [0.29, 0.717) is 12.5 Å². The molecule has 1 aromatic carbocycles. The Kier molecular flexibility index (Phi) is 8.77. The third-order valence-electron chi connectivity index (χ3n) is 4.81. The lowest BCUT2D eigenvalue weighted by atomic mass is 10.1. The number of benzene rings is 1. The van der Waals surface area contributed by atoms with Crippen LogP contribution in [0.3, 0.4) is 0 Å². The quantitative estimate of drug-likeness (QED) is 0.569. The average molecular weight is 403 g/mol. The number of hydrogen-bond donors (Lipinski definition) is 1. The van der Waals surface area contributed by atoms with Gasteiger partial charge in [-0.3, -0.25) is 0 Å². The zero-order valence-corrected chi connectivity index (χ0v) is 18.7. The van der Waals surface area contributed by atoms with E-state index < -0.39 is 0 Å². The van der Waals surface area contributed by atoms with Crippen molar-refractivity contribution in [2.45, 2.75) is 47.6 Å². The van der Waals surface area contributed by atoms with E-state index in [0.717, 1.165) is 60.4 Å². The zero-order valence-electron chi connectivity index (χ0n) is 17.9. The van der Waals surface area contributed by atoms with Crippen LogP contribution in [0.2, 0.25) is 0 Å². The van der Waals surface area contributed by atoms with Gasteiger partial charge in [-0.25, -0.2) is 0 Å². The van der Waals surface area contributed by atoms with Crippen LogP contribution in [-0.2, 0) is 6.54 Å². The summed E-state index contributed by atoms with van der Waals surface area (Å²) in [5, 5.41) is 8.55. The summed E-state index contributed by atoms with van der Waals surface area (Å²) in [6, 6.07) is 10.2. The highest BCUT2D eigenvalue weighted by atomic mass is 32.1. The van der Waals surface area contributed by atoms with Crippen LogP contribution in [-0.4, -0.2) is 41.3 Å². The summed E-state index contributed by atoms with van der Waals surface area (Å²) in [4.78, 5) is 4.45. The SMILES string of the molecule is CCNC(=S)N(CCC(C)C)Cc1c(-c2ccccc2)noc1N(CC)CC. The molecule has 154 valence electrons. The Morgan fingerprint density at radius 3 is 2.39 bits per heavy atom. The Bertz CT molecular complexity index is 725. The fourth-order valence-electron chi connectivity index (χ4n) is 3.15. The number of anilines is 1. The van der Waals surface area contributed by atoms with Crippen molar-refractivity contribution in [3.8, 4) is 11.3 Å². The lowest BCUT2D eigenvalue weighted by Gasteiger charge is -2.28. The van der Waals surface area contributed by atoms with Gasteiger partial charge < -0.3 is 19.6 Å². The van der Waals surface area contributed by atoms with Crippen LogP contribution in [0.25, 0.3) is 11.3 Å². The van der Waals surface area contributed by atoms with Gasteiger partial charge in [-0.2, -0.15) is 0 Å². The van der Waals surface area contributed by atoms with Crippen molar-refractivity contribution in [2.24, 2.45) is 5.92 Å². The minimum absolute atomic E-state index is 0.616. The molecule has 1 N–H and O–H groups in total. The van der Waals surface area contributed by atoms with Gasteiger partial charge in [0.1, 0.15) is 5.69 Å². The second-order valence-electron chi connectivity index (χ2n) is 7.29. The number of thiocarbonyl (C=S) groups is 1. The van der Waals surface area contributed by atoms with E-state index in [1.165, 1.54) is 0 Å². The van der Waals surface area contributed by atoms with Gasteiger partial charge in [0, 0.05) is 31.7 Å². The number of hydrogen-bond acceptors (Lipinski definition) is 4. The predicted molar refractivity (Wildman–Crippen MR) is 122 cm³/mol. The van der Waals surface area contributed by atoms with E-state index >= 15 is 0 Å². The van der Waals surface area contributed by atoms with Crippen LogP contribution < -0.4 is 10.2 Å². The second-order valence-corrected chi connectivity index (χ2v) is 7.68. The third kappa shape index (κ3) is 5.71. The number of nitrogens with one attached hydrogen (secondary N) is 1. The molecule has 5 nitrogen and oxygen atoms in total. The summed E-state index contributed by atoms with van der Waals surface area (Å²) in [5.41, 5.74) is 3.06. The van der Waals surface area contributed by atoms with Crippen LogP contribution in [0.4, 0.5) is 5.88 Å². The topological polar surface area (TPSA) is 44.5 Å². The van der Waals surface area contributed by atoms with Crippen molar-refractivity contribution < 1.29 is 4.52 Å². The lowest BCUT2D eigenvalue weighted by molar-refractivity contribution is 0.367. The maximum absolute atomic E-state index is 5.85. The molecular formula is C22H34N4OS. The first kappa shape index (κ1) is 22.2. The van der Waals surface area contributed by atoms with Gasteiger partial charge in [0.25, 0.3) is 0 Å². The summed E-state index contributed by atoms with van der Waals surface area (Å²) in [6.45, 7) is 15.0. The van der Waals surface area contributed by atoms with Crippen molar-refractivity contribution in [1.82, 2.24) is 15.4 Å². The molecule has 2 aromatic rings. The van der Waals surface area contributed by atoms with Crippen molar-refractivity contribution in [2.75, 3.05) is 31.1 Å². The summed E-state index contributed by atoms with van der Waals surface area (Å²) in [6.07, 6.45) is 1.08. The normalized spacial score (nSPS) is 10.9. The lowest BCUT2D eigenvalue weighted by Crippen LogP contribution is -2.40. The van der Waals surface area contributed by atoms with Crippen molar-refractivity contribution in [3.05, 3.63) is 35.9 Å². The standard InChI is InChI=1S/C22H34N4OS/c1-6-23-22(28)26(15-14-17(4)5)16-19-20(18-12-10-9-11-13-18)24-27-21(19)25(7-2)8-3/h9-13,17H,6-8,14-16H2,1-5H3,(H,23,28). The Morgan fingerprint density at radius 1 is 1.14 bits per heavy atom. The molecule has 1 heterocycles. The van der Waals surface area contributed by atoms with E-state index in [2.05, 4.69) is 67.0 Å². The highest BCUT2D eigenvalue weighted by Gasteiger charge is 2.24. The zero-order chi connectivity index (χ0) is 20.5. The maximum Gasteiger partial charge on any atom is 0.232 e. The Labute approximate surface area is 175 Å². The monoisotopic (exact) mass is 402 g/mol. The molecule has 0 aliphatic heterocycles. The number of nitrogens with zero attached hydrogens (tertiary/aromatic N) is 3. The molecule has 0 saturated heterocycles. The Morgan fingerprint density at radius 2 is 1.82 bits per heavy atom. The first-order valence-corrected chi connectivity index (χ1v) is 10.7. The molecule has 28 heavy (non-hydrogen) atoms. The van der Waals surface area contributed by atoms with Gasteiger partial charge in [-0.05, 0) is 45.3 Å². The number of aromatic nitrogens is 1. The molecule has 0 unspecified atom stereocenters. The Balaban J connectivity index is 2.43. The van der Waals surface area contributed by atoms with E-state index in [4.69, 9.17) is 16.7 Å². The van der Waals surface area contributed by atoms with E-state index in [9.17, 15) is 0 Å². The fourth-order valence-corrected chi connectivity index (χ4v) is 3.45. The molecule has 1 aromatic heterocycles. The van der Waals surface area contributed by atoms with Crippen LogP contribution in [0.15, 0.2) is 34.9 Å². The molecule has 0 fully saturated rings. The molecule has 0 atom stereocenters. The highest BCUT2D eigenvalue weighted by molar-refractivity contribution is 7.80. The largest absolute Gasteiger partial charge is 0.363 e. The minimum Gasteiger partial charge on any atom is -0.363 e. The summed E-state index contributed by atoms with van der Waals surface area (Å²) in [7, 11) is 0. The van der Waals surface area contributed by atoms with Crippen LogP contribution in [0, 0.1) is 5.92 Å². The molecule has 0 aliphatic carbocycles. The van der Waals surface area contributed by atoms with Crippen LogP contribution >= 0.6 is 12.2 Å². The van der Waals surface area contributed by atoms with E-state index in [1.54, 1.807) is 0 Å². The van der Waals surface area contributed by atoms with Crippen molar-refractivity contribution in [1.29, 1.82) is 0 Å². The van der Waals surface area contributed by atoms with Gasteiger partial charge >= 0.3 is 0 Å². The molecule has 0 amide bonds. The summed E-state index contributed by atoms with van der Waals surface area (Å²) >= 11 is 5.68. The molecular weight excluding hydrogens is 368 g/mol. The smallest absolute Gasteiger partial charge is 0.232 e. The van der Waals surface area contributed by atoms with E-state index in [1.807, 2.05) is 18.2 Å². The molecule has 0 radical (unpaired) electrons. The molecule has 6 heteroatoms. The van der Waals surface area contributed by atoms with Gasteiger partial charge in [-0.1, -0.05) is 49.3 Å². The van der Waals surface area contributed by atoms with Crippen molar-refractivity contribution in [3.63, 3.8) is 0 Å². The molecule has 0 saturated carbocycles. The maximum atomic E-state index is 5.85. The molecule has 0 spiro atoms. The fraction of sp³-hybridized carbons (Fsp3) is 0.545. The van der Waals surface area contributed by atoms with E-state index in [-0.39, 0.29) is 0 Å². The molecule has 2 rings (SSSR count). The van der Waals surface area contributed by atoms with Gasteiger partial charge in [-0.15, -0.1) is 0 Å². The van der Waals surface area contributed by atoms with Crippen molar-refractivity contribution >= 4 is 23.2 Å². The van der Waals surface area contributed by atoms with Crippen LogP contribution in [0.5, 0.6) is 0 Å². The summed E-state index contributed by atoms with van der Waals surface area (Å²) in [5.74, 6) is 1.46. The average Bonchev–Trinajstić information content (AvgIpc) is 3.10. The van der Waals surface area contributed by atoms with Gasteiger partial charge in [0.2, 0.25) is 5.88 Å². The highest BCUT2D eigenvalue weighted by Crippen LogP contribution is 2.32. The van der Waals surface area contributed by atoms with Crippen LogP contribution in [0.1, 0.15) is 46.6 Å². The van der Waals surface area contributed by atoms with Gasteiger partial charge in [0.05, 0.1) is 12.1 Å². The summed E-state index contributed by atoms with van der Waals surface area (Å²) < 4.78 is 5.85.